The highest BCUT2D eigenvalue weighted by molar-refractivity contribution is 9.10. The van der Waals surface area contributed by atoms with Crippen LogP contribution in [0, 0.1) is 5.82 Å². The fourth-order valence-corrected chi connectivity index (χ4v) is 1.43. The van der Waals surface area contributed by atoms with Crippen LogP contribution in [-0.2, 0) is 6.42 Å². The van der Waals surface area contributed by atoms with Crippen molar-refractivity contribution in [1.29, 1.82) is 0 Å². The molecule has 84 valence electrons. The molecule has 0 aliphatic heterocycles. The molecule has 0 bridgehead atoms. The van der Waals surface area contributed by atoms with E-state index in [2.05, 4.69) is 15.9 Å². The fourth-order valence-electron chi connectivity index (χ4n) is 1.01. The number of hydrogen-bond donors (Lipinski definition) is 1. The molecule has 0 amide bonds. The fraction of sp³-hybridized carbons (Fsp3) is 0.333. The first-order valence-corrected chi connectivity index (χ1v) is 4.78. The SMILES string of the molecule is O[C@@H](Cc1ccc(F)c(Br)c1)C(F)(F)F. The Hall–Kier alpha value is -0.620. The molecule has 0 saturated carbocycles. The predicted molar refractivity (Wildman–Crippen MR) is 49.9 cm³/mol. The van der Waals surface area contributed by atoms with Gasteiger partial charge in [-0.05, 0) is 33.6 Å². The first-order valence-electron chi connectivity index (χ1n) is 3.99. The summed E-state index contributed by atoms with van der Waals surface area (Å²) in [5.74, 6) is -0.555. The number of halogens is 5. The lowest BCUT2D eigenvalue weighted by Gasteiger charge is -2.14. The van der Waals surface area contributed by atoms with Gasteiger partial charge in [0.2, 0.25) is 0 Å². The molecular weight excluding hydrogens is 280 g/mol. The molecule has 1 N–H and O–H groups in total. The molecule has 1 atom stereocenters. The number of aliphatic hydroxyl groups is 1. The summed E-state index contributed by atoms with van der Waals surface area (Å²) in [5.41, 5.74) is 0.216. The maximum atomic E-state index is 12.7. The molecular formula is C9H7BrF4O. The molecule has 0 radical (unpaired) electrons. The van der Waals surface area contributed by atoms with E-state index < -0.39 is 24.5 Å². The van der Waals surface area contributed by atoms with Gasteiger partial charge in [-0.3, -0.25) is 0 Å². The van der Waals surface area contributed by atoms with Crippen LogP contribution in [-0.4, -0.2) is 17.4 Å². The average Bonchev–Trinajstić information content (AvgIpc) is 2.10. The van der Waals surface area contributed by atoms with Crippen molar-refractivity contribution in [2.75, 3.05) is 0 Å². The summed E-state index contributed by atoms with van der Waals surface area (Å²) >= 11 is 2.85. The van der Waals surface area contributed by atoms with Crippen LogP contribution < -0.4 is 0 Å². The van der Waals surface area contributed by atoms with Crippen LogP contribution in [0.2, 0.25) is 0 Å². The maximum absolute atomic E-state index is 12.7. The number of rotatable bonds is 2. The van der Waals surface area contributed by atoms with Gasteiger partial charge in [0.05, 0.1) is 4.47 Å². The molecule has 0 fully saturated rings. The predicted octanol–water partition coefficient (Wildman–Crippen LogP) is 3.05. The van der Waals surface area contributed by atoms with E-state index >= 15 is 0 Å². The summed E-state index contributed by atoms with van der Waals surface area (Å²) in [5, 5.41) is 8.77. The van der Waals surface area contributed by atoms with Crippen LogP contribution in [0.15, 0.2) is 22.7 Å². The summed E-state index contributed by atoms with van der Waals surface area (Å²) in [4.78, 5) is 0. The number of hydrogen-bond acceptors (Lipinski definition) is 1. The average molecular weight is 287 g/mol. The van der Waals surface area contributed by atoms with Gasteiger partial charge >= 0.3 is 6.18 Å². The Bertz CT molecular complexity index is 350. The van der Waals surface area contributed by atoms with Crippen molar-refractivity contribution >= 4 is 15.9 Å². The molecule has 1 nitrogen and oxygen atoms in total. The van der Waals surface area contributed by atoms with Crippen LogP contribution in [0.5, 0.6) is 0 Å². The van der Waals surface area contributed by atoms with Gasteiger partial charge in [-0.1, -0.05) is 6.07 Å². The van der Waals surface area contributed by atoms with Gasteiger partial charge in [0.1, 0.15) is 5.82 Å². The lowest BCUT2D eigenvalue weighted by molar-refractivity contribution is -0.203. The molecule has 0 unspecified atom stereocenters. The minimum Gasteiger partial charge on any atom is -0.383 e. The molecule has 0 aromatic heterocycles. The van der Waals surface area contributed by atoms with Crippen molar-refractivity contribution in [3.05, 3.63) is 34.1 Å². The molecule has 0 aliphatic rings. The maximum Gasteiger partial charge on any atom is 0.414 e. The Morgan fingerprint density at radius 3 is 2.40 bits per heavy atom. The highest BCUT2D eigenvalue weighted by Crippen LogP contribution is 2.24. The second-order valence-corrected chi connectivity index (χ2v) is 3.86. The van der Waals surface area contributed by atoms with Crippen LogP contribution in [0.25, 0.3) is 0 Å². The Morgan fingerprint density at radius 2 is 1.93 bits per heavy atom. The largest absolute Gasteiger partial charge is 0.414 e. The van der Waals surface area contributed by atoms with Gasteiger partial charge in [-0.25, -0.2) is 4.39 Å². The van der Waals surface area contributed by atoms with Crippen LogP contribution in [0.4, 0.5) is 17.6 Å². The molecule has 0 spiro atoms. The van der Waals surface area contributed by atoms with Crippen LogP contribution in [0.3, 0.4) is 0 Å². The van der Waals surface area contributed by atoms with Crippen LogP contribution in [0.1, 0.15) is 5.56 Å². The Kier molecular flexibility index (Phi) is 3.72. The van der Waals surface area contributed by atoms with E-state index in [9.17, 15) is 17.6 Å². The second-order valence-electron chi connectivity index (χ2n) is 3.01. The van der Waals surface area contributed by atoms with Crippen molar-refractivity contribution in [3.8, 4) is 0 Å². The van der Waals surface area contributed by atoms with Gasteiger partial charge in [-0.15, -0.1) is 0 Å². The van der Waals surface area contributed by atoms with E-state index in [0.717, 1.165) is 6.07 Å². The van der Waals surface area contributed by atoms with Crippen molar-refractivity contribution in [2.24, 2.45) is 0 Å². The minimum atomic E-state index is -4.65. The van der Waals surface area contributed by atoms with Gasteiger partial charge < -0.3 is 5.11 Å². The monoisotopic (exact) mass is 286 g/mol. The third kappa shape index (κ3) is 3.46. The zero-order valence-corrected chi connectivity index (χ0v) is 8.94. The van der Waals surface area contributed by atoms with Gasteiger partial charge in [0, 0.05) is 6.42 Å². The summed E-state index contributed by atoms with van der Waals surface area (Å²) in [7, 11) is 0. The van der Waals surface area contributed by atoms with Crippen molar-refractivity contribution in [1.82, 2.24) is 0 Å². The third-order valence-electron chi connectivity index (χ3n) is 1.79. The molecule has 1 rings (SSSR count). The van der Waals surface area contributed by atoms with E-state index in [1.807, 2.05) is 0 Å². The molecule has 15 heavy (non-hydrogen) atoms. The minimum absolute atomic E-state index is 0.0781. The molecule has 1 aromatic rings. The van der Waals surface area contributed by atoms with Gasteiger partial charge in [-0.2, -0.15) is 13.2 Å². The lowest BCUT2D eigenvalue weighted by Crippen LogP contribution is -2.30. The Labute approximate surface area is 91.9 Å². The summed E-state index contributed by atoms with van der Waals surface area (Å²) in [6.07, 6.45) is -7.65. The molecule has 0 aliphatic carbocycles. The van der Waals surface area contributed by atoms with Crippen molar-refractivity contribution in [2.45, 2.75) is 18.7 Å². The van der Waals surface area contributed by atoms with E-state index in [4.69, 9.17) is 5.11 Å². The summed E-state index contributed by atoms with van der Waals surface area (Å²) in [6.45, 7) is 0. The molecule has 0 saturated heterocycles. The van der Waals surface area contributed by atoms with E-state index in [0.29, 0.717) is 0 Å². The quantitative estimate of drug-likeness (QED) is 0.829. The van der Waals surface area contributed by atoms with Gasteiger partial charge in [0.15, 0.2) is 6.10 Å². The zero-order valence-electron chi connectivity index (χ0n) is 7.35. The highest BCUT2D eigenvalue weighted by atomic mass is 79.9. The van der Waals surface area contributed by atoms with E-state index in [1.165, 1.54) is 12.1 Å². The smallest absolute Gasteiger partial charge is 0.383 e. The summed E-state index contributed by atoms with van der Waals surface area (Å²) < 4.78 is 48.8. The normalized spacial score (nSPS) is 14.0. The van der Waals surface area contributed by atoms with Crippen molar-refractivity contribution < 1.29 is 22.7 Å². The van der Waals surface area contributed by atoms with Gasteiger partial charge in [0.25, 0.3) is 0 Å². The van der Waals surface area contributed by atoms with Crippen LogP contribution >= 0.6 is 15.9 Å². The molecule has 1 aromatic carbocycles. The standard InChI is InChI=1S/C9H7BrF4O/c10-6-3-5(1-2-7(6)11)4-8(15)9(12,13)14/h1-3,8,15H,4H2/t8-/m0/s1. The molecule has 6 heteroatoms. The number of alkyl halides is 3. The highest BCUT2D eigenvalue weighted by Gasteiger charge is 2.37. The van der Waals surface area contributed by atoms with E-state index in [1.54, 1.807) is 0 Å². The summed E-state index contributed by atoms with van der Waals surface area (Å²) in [6, 6.07) is 3.46. The second kappa shape index (κ2) is 4.49. The first kappa shape index (κ1) is 12.4. The van der Waals surface area contributed by atoms with E-state index in [-0.39, 0.29) is 10.0 Å². The third-order valence-corrected chi connectivity index (χ3v) is 2.40. The molecule has 0 heterocycles. The zero-order chi connectivity index (χ0) is 11.6. The topological polar surface area (TPSA) is 20.2 Å². The number of benzene rings is 1. The Balaban J connectivity index is 2.78. The number of aliphatic hydroxyl groups excluding tert-OH is 1. The lowest BCUT2D eigenvalue weighted by atomic mass is 10.1. The van der Waals surface area contributed by atoms with Crippen molar-refractivity contribution in [3.63, 3.8) is 0 Å². The first-order chi connectivity index (χ1) is 6.80. The Morgan fingerprint density at radius 1 is 1.33 bits per heavy atom.